The van der Waals surface area contributed by atoms with E-state index in [1.807, 2.05) is 81.1 Å². The average Bonchev–Trinajstić information content (AvgIpc) is 4.20. The van der Waals surface area contributed by atoms with Crippen molar-refractivity contribution in [3.8, 4) is 11.6 Å². The number of pyridine rings is 2. The summed E-state index contributed by atoms with van der Waals surface area (Å²) in [6.45, 7) is 15.0. The van der Waals surface area contributed by atoms with E-state index in [2.05, 4.69) is 23.7 Å². The Bertz CT molecular complexity index is 2070. The molecule has 1 saturated carbocycles. The maximum atomic E-state index is 15.0. The summed E-state index contributed by atoms with van der Waals surface area (Å²) in [6, 6.07) is 15.8. The highest BCUT2D eigenvalue weighted by Crippen LogP contribution is 2.45. The van der Waals surface area contributed by atoms with Crippen LogP contribution < -0.4 is 19.3 Å². The lowest BCUT2D eigenvalue weighted by Gasteiger charge is -2.36. The van der Waals surface area contributed by atoms with Gasteiger partial charge in [0.15, 0.2) is 0 Å². The minimum absolute atomic E-state index is 0.0406. The second kappa shape index (κ2) is 30.5. The van der Waals surface area contributed by atoms with Gasteiger partial charge in [-0.3, -0.25) is 19.3 Å². The topological polar surface area (TPSA) is 131 Å². The van der Waals surface area contributed by atoms with Gasteiger partial charge in [-0.25, -0.2) is 9.97 Å². The minimum atomic E-state index is -0.671. The Balaban J connectivity index is 1.05. The van der Waals surface area contributed by atoms with E-state index in [4.69, 9.17) is 24.3 Å². The fourth-order valence-corrected chi connectivity index (χ4v) is 10.5. The van der Waals surface area contributed by atoms with Gasteiger partial charge < -0.3 is 24.2 Å². The molecule has 1 aliphatic carbocycles. The Morgan fingerprint density at radius 1 is 0.750 bits per heavy atom. The first-order valence-electron chi connectivity index (χ1n) is 28.3. The van der Waals surface area contributed by atoms with E-state index in [9.17, 15) is 14.4 Å². The van der Waals surface area contributed by atoms with E-state index in [0.29, 0.717) is 55.1 Å². The van der Waals surface area contributed by atoms with Crippen LogP contribution in [-0.2, 0) is 14.3 Å². The van der Waals surface area contributed by atoms with Crippen molar-refractivity contribution in [2.75, 3.05) is 43.2 Å². The van der Waals surface area contributed by atoms with Crippen LogP contribution in [0.25, 0.3) is 0 Å². The maximum Gasteiger partial charge on any atom is 0.306 e. The molecule has 1 amide bonds. The summed E-state index contributed by atoms with van der Waals surface area (Å²) < 4.78 is 17.8. The molecule has 0 unspecified atom stereocenters. The predicted octanol–water partition coefficient (Wildman–Crippen LogP) is 15.3. The smallest absolute Gasteiger partial charge is 0.306 e. The van der Waals surface area contributed by atoms with Gasteiger partial charge in [0.25, 0.3) is 5.91 Å². The van der Waals surface area contributed by atoms with E-state index in [-0.39, 0.29) is 23.2 Å². The molecule has 3 heterocycles. The highest BCUT2D eigenvalue weighted by Gasteiger charge is 2.36. The molecule has 11 heteroatoms. The lowest BCUT2D eigenvalue weighted by molar-refractivity contribution is -0.155. The number of methoxy groups -OCH3 is 1. The number of aliphatic carboxylic acids is 1. The molecule has 0 bridgehead atoms. The molecular formula is C61H94N4O7. The van der Waals surface area contributed by atoms with Crippen LogP contribution in [0.3, 0.4) is 0 Å². The average molecular weight is 995 g/mol. The first kappa shape index (κ1) is 58.2. The zero-order chi connectivity index (χ0) is 51.8. The molecule has 0 spiro atoms. The number of aromatic nitrogens is 2. The number of carboxylic acids is 1. The van der Waals surface area contributed by atoms with Crippen molar-refractivity contribution in [3.05, 3.63) is 71.5 Å². The van der Waals surface area contributed by atoms with Crippen LogP contribution in [0.4, 0.5) is 11.5 Å². The third kappa shape index (κ3) is 21.8. The Morgan fingerprint density at radius 2 is 1.33 bits per heavy atom. The van der Waals surface area contributed by atoms with E-state index < -0.39 is 11.6 Å². The van der Waals surface area contributed by atoms with Crippen LogP contribution in [0.2, 0.25) is 0 Å². The number of rotatable bonds is 35. The lowest BCUT2D eigenvalue weighted by atomic mass is 9.85. The van der Waals surface area contributed by atoms with Gasteiger partial charge in [0.1, 0.15) is 17.2 Å². The van der Waals surface area contributed by atoms with Crippen molar-refractivity contribution in [3.63, 3.8) is 0 Å². The van der Waals surface area contributed by atoms with Crippen molar-refractivity contribution in [2.24, 2.45) is 17.3 Å². The summed E-state index contributed by atoms with van der Waals surface area (Å²) in [6.07, 6.45) is 31.6. The number of carbonyl (C=O) groups is 3. The number of hydrogen-bond donors (Lipinski definition) is 1. The molecule has 5 rings (SSSR count). The standard InChI is InChI=1S/C61H94N4O7/c1-47-28-27-29-55(63-47)65(46-61(5,6)38-26-24-22-20-18-16-14-12-10-8-9-11-13-15-17-19-21-23-25-30-57(66)67)59(69)52-34-33-51(70-7)43-54(52)64-40-36-48(37-41-64)45-71-56-42-50(35-39-62-56)53(49-31-32-49)44-58(68)72-60(2,3)4/h27-29,33-35,39,42-43,48-49,53H,8-26,30-32,36-38,40-41,44-46H2,1-7H3,(H,66,67)/t53-/m0/s1. The number of esters is 1. The molecule has 0 radical (unpaired) electrons. The second-order valence-electron chi connectivity index (χ2n) is 23.1. The molecule has 1 N–H and O–H groups in total. The fraction of sp³-hybridized carbons (Fsp3) is 0.689. The van der Waals surface area contributed by atoms with Gasteiger partial charge in [0, 0.05) is 50.1 Å². The van der Waals surface area contributed by atoms with E-state index in [1.165, 1.54) is 103 Å². The molecule has 2 fully saturated rings. The van der Waals surface area contributed by atoms with Gasteiger partial charge >= 0.3 is 11.9 Å². The number of unbranched alkanes of at least 4 members (excludes halogenated alkanes) is 18. The molecule has 11 nitrogen and oxygen atoms in total. The minimum Gasteiger partial charge on any atom is -0.497 e. The van der Waals surface area contributed by atoms with Crippen LogP contribution in [0.15, 0.2) is 54.7 Å². The Kier molecular flexibility index (Phi) is 24.7. The van der Waals surface area contributed by atoms with Crippen LogP contribution in [0.5, 0.6) is 11.6 Å². The summed E-state index contributed by atoms with van der Waals surface area (Å²) in [5.74, 6) is 2.06. The quantitative estimate of drug-likeness (QED) is 0.0449. The number of amides is 1. The van der Waals surface area contributed by atoms with Gasteiger partial charge in [0.2, 0.25) is 5.88 Å². The van der Waals surface area contributed by atoms with Crippen LogP contribution in [-0.4, -0.2) is 71.9 Å². The zero-order valence-corrected chi connectivity index (χ0v) is 45.8. The van der Waals surface area contributed by atoms with Gasteiger partial charge in [-0.1, -0.05) is 135 Å². The first-order chi connectivity index (χ1) is 34.6. The molecule has 3 aromatic rings. The van der Waals surface area contributed by atoms with E-state index in [1.54, 1.807) is 13.3 Å². The normalized spacial score (nSPS) is 14.8. The first-order valence-corrected chi connectivity index (χ1v) is 28.3. The SMILES string of the molecule is COc1ccc(C(=O)N(CC(C)(C)CCCCCCCCCCCCCCCCCCCCCC(=O)O)c2cccc(C)n2)c(N2CCC(COc3cc([C@@H](CC(=O)OC(C)(C)C)C4CC4)ccn3)CC2)c1. The highest BCUT2D eigenvalue weighted by molar-refractivity contribution is 6.09. The van der Waals surface area contributed by atoms with Crippen LogP contribution in [0, 0.1) is 24.2 Å². The Hall–Kier alpha value is -4.67. The largest absolute Gasteiger partial charge is 0.497 e. The van der Waals surface area contributed by atoms with Gasteiger partial charge in [-0.2, -0.15) is 0 Å². The third-order valence-electron chi connectivity index (χ3n) is 14.8. The second-order valence-corrected chi connectivity index (χ2v) is 23.1. The molecule has 2 aliphatic rings. The van der Waals surface area contributed by atoms with Crippen LogP contribution >= 0.6 is 0 Å². The molecule has 1 aromatic carbocycles. The number of ether oxygens (including phenoxy) is 3. The van der Waals surface area contributed by atoms with Crippen LogP contribution in [0.1, 0.15) is 229 Å². The summed E-state index contributed by atoms with van der Waals surface area (Å²) >= 11 is 0. The number of aryl methyl sites for hydroxylation is 1. The number of nitrogens with zero attached hydrogens (tertiary/aromatic N) is 4. The number of hydrogen-bond acceptors (Lipinski definition) is 9. The predicted molar refractivity (Wildman–Crippen MR) is 293 cm³/mol. The van der Waals surface area contributed by atoms with E-state index in [0.717, 1.165) is 87.2 Å². The Labute approximate surface area is 435 Å². The van der Waals surface area contributed by atoms with Gasteiger partial charge in [-0.05, 0) is 125 Å². The molecule has 72 heavy (non-hydrogen) atoms. The number of anilines is 2. The third-order valence-corrected chi connectivity index (χ3v) is 14.8. The highest BCUT2D eigenvalue weighted by atomic mass is 16.6. The summed E-state index contributed by atoms with van der Waals surface area (Å²) in [7, 11) is 1.68. The molecule has 1 aliphatic heterocycles. The van der Waals surface area contributed by atoms with Gasteiger partial charge in [-0.15, -0.1) is 0 Å². The molecule has 2 aromatic heterocycles. The van der Waals surface area contributed by atoms with Gasteiger partial charge in [0.05, 0.1) is 31.4 Å². The maximum absolute atomic E-state index is 15.0. The van der Waals surface area contributed by atoms with Crippen molar-refractivity contribution >= 4 is 29.4 Å². The summed E-state index contributed by atoms with van der Waals surface area (Å²) in [4.78, 5) is 52.1. The van der Waals surface area contributed by atoms with Crippen molar-refractivity contribution < 1.29 is 33.7 Å². The molecule has 1 atom stereocenters. The van der Waals surface area contributed by atoms with Crippen molar-refractivity contribution in [1.29, 1.82) is 0 Å². The molecular weight excluding hydrogens is 901 g/mol. The summed E-state index contributed by atoms with van der Waals surface area (Å²) in [5, 5.41) is 8.74. The monoisotopic (exact) mass is 995 g/mol. The zero-order valence-electron chi connectivity index (χ0n) is 45.8. The Morgan fingerprint density at radius 3 is 1.88 bits per heavy atom. The lowest BCUT2D eigenvalue weighted by Crippen LogP contribution is -2.41. The van der Waals surface area contributed by atoms with Crippen molar-refractivity contribution in [1.82, 2.24) is 9.97 Å². The van der Waals surface area contributed by atoms with E-state index >= 15 is 0 Å². The number of piperidine rings is 1. The number of carbonyl (C=O) groups excluding carboxylic acids is 2. The fourth-order valence-electron chi connectivity index (χ4n) is 10.5. The van der Waals surface area contributed by atoms with Crippen molar-refractivity contribution in [2.45, 2.75) is 220 Å². The molecule has 400 valence electrons. The number of benzene rings is 1. The number of carboxylic acid groups (broad SMARTS) is 1. The summed E-state index contributed by atoms with van der Waals surface area (Å²) in [5.41, 5.74) is 2.91. The molecule has 1 saturated heterocycles.